The van der Waals surface area contributed by atoms with E-state index in [0.29, 0.717) is 50.3 Å². The fraction of sp³-hybridized carbons (Fsp3) is 0.423. The molecule has 6 nitrogen and oxygen atoms in total. The predicted octanol–water partition coefficient (Wildman–Crippen LogP) is 2.83. The molecule has 0 aromatic heterocycles. The Morgan fingerprint density at radius 1 is 1.03 bits per heavy atom. The minimum Gasteiger partial charge on any atom is -0.508 e. The van der Waals surface area contributed by atoms with Crippen LogP contribution in [0.2, 0.25) is 0 Å². The number of amides is 1. The number of ketones is 2. The number of nitrogens with zero attached hydrogens (tertiary/aromatic N) is 1. The molecule has 1 atom stereocenters. The van der Waals surface area contributed by atoms with Gasteiger partial charge in [0, 0.05) is 37.9 Å². The standard InChI is InChI=1S/C26H30N2O4/c27-24(13-18-1-6-22(29)7-2-18)26(32)28-11-9-17(10-12-28)3-8-25(31)20-5-4-19-15-23(30)16-21(19)14-20/h1-2,4-7,14,17,24,29H,3,8-13,15-16,27H2/t24-/m0/s1. The van der Waals surface area contributed by atoms with E-state index in [1.165, 1.54) is 0 Å². The molecule has 0 bridgehead atoms. The lowest BCUT2D eigenvalue weighted by molar-refractivity contribution is -0.134. The molecule has 32 heavy (non-hydrogen) atoms. The summed E-state index contributed by atoms with van der Waals surface area (Å²) in [6.45, 7) is 1.34. The van der Waals surface area contributed by atoms with Crippen molar-refractivity contribution in [1.82, 2.24) is 4.90 Å². The summed E-state index contributed by atoms with van der Waals surface area (Å²) in [7, 11) is 0. The van der Waals surface area contributed by atoms with Crippen molar-refractivity contribution >= 4 is 17.5 Å². The molecule has 1 saturated heterocycles. The van der Waals surface area contributed by atoms with Crippen molar-refractivity contribution in [3.05, 3.63) is 64.7 Å². The Morgan fingerprint density at radius 2 is 1.72 bits per heavy atom. The molecule has 0 unspecified atom stereocenters. The van der Waals surface area contributed by atoms with Gasteiger partial charge >= 0.3 is 0 Å². The second-order valence-corrected chi connectivity index (χ2v) is 9.08. The molecule has 2 aromatic rings. The molecule has 6 heteroatoms. The van der Waals surface area contributed by atoms with Gasteiger partial charge in [0.1, 0.15) is 11.5 Å². The molecule has 1 heterocycles. The molecule has 1 aliphatic heterocycles. The van der Waals surface area contributed by atoms with Crippen molar-refractivity contribution < 1.29 is 19.5 Å². The molecule has 4 rings (SSSR count). The number of benzene rings is 2. The van der Waals surface area contributed by atoms with Gasteiger partial charge in [-0.3, -0.25) is 14.4 Å². The molecule has 168 valence electrons. The number of phenols is 1. The third-order valence-electron chi connectivity index (χ3n) is 6.72. The lowest BCUT2D eigenvalue weighted by Crippen LogP contribution is -2.48. The first-order valence-electron chi connectivity index (χ1n) is 11.4. The molecule has 2 aliphatic rings. The second kappa shape index (κ2) is 9.65. The minimum absolute atomic E-state index is 0.0414. The number of Topliss-reactive ketones (excluding diaryl/α,β-unsaturated/α-hetero) is 2. The molecule has 1 fully saturated rings. The van der Waals surface area contributed by atoms with Gasteiger partial charge in [0.2, 0.25) is 5.91 Å². The topological polar surface area (TPSA) is 101 Å². The monoisotopic (exact) mass is 434 g/mol. The molecule has 1 aliphatic carbocycles. The number of hydrogen-bond acceptors (Lipinski definition) is 5. The van der Waals surface area contributed by atoms with Crippen LogP contribution in [0, 0.1) is 5.92 Å². The Hall–Kier alpha value is -2.99. The third-order valence-corrected chi connectivity index (χ3v) is 6.72. The number of carbonyl (C=O) groups excluding carboxylic acids is 3. The van der Waals surface area contributed by atoms with Gasteiger partial charge in [0.15, 0.2) is 5.78 Å². The lowest BCUT2D eigenvalue weighted by atomic mass is 9.89. The van der Waals surface area contributed by atoms with Crippen molar-refractivity contribution in [1.29, 1.82) is 0 Å². The van der Waals surface area contributed by atoms with Crippen molar-refractivity contribution in [3.63, 3.8) is 0 Å². The Labute approximate surface area is 188 Å². The maximum absolute atomic E-state index is 12.7. The number of nitrogens with two attached hydrogens (primary N) is 1. The van der Waals surface area contributed by atoms with Crippen molar-refractivity contribution in [2.75, 3.05) is 13.1 Å². The second-order valence-electron chi connectivity index (χ2n) is 9.08. The van der Waals surface area contributed by atoms with E-state index in [2.05, 4.69) is 0 Å². The smallest absolute Gasteiger partial charge is 0.239 e. The molecule has 0 saturated carbocycles. The molecular formula is C26H30N2O4. The fourth-order valence-electron chi connectivity index (χ4n) is 4.75. The highest BCUT2D eigenvalue weighted by atomic mass is 16.3. The number of phenolic OH excluding ortho intramolecular Hbond substituents is 1. The van der Waals surface area contributed by atoms with E-state index in [-0.39, 0.29) is 23.2 Å². The zero-order chi connectivity index (χ0) is 22.7. The largest absolute Gasteiger partial charge is 0.508 e. The third kappa shape index (κ3) is 5.25. The van der Waals surface area contributed by atoms with Gasteiger partial charge in [-0.2, -0.15) is 0 Å². The van der Waals surface area contributed by atoms with Crippen molar-refractivity contribution in [3.8, 4) is 5.75 Å². The minimum atomic E-state index is -0.593. The molecule has 2 aromatic carbocycles. The van der Waals surface area contributed by atoms with E-state index in [1.54, 1.807) is 24.3 Å². The molecule has 3 N–H and O–H groups in total. The van der Waals surface area contributed by atoms with Gasteiger partial charge in [-0.15, -0.1) is 0 Å². The van der Waals surface area contributed by atoms with Gasteiger partial charge in [-0.05, 0) is 66.5 Å². The van der Waals surface area contributed by atoms with E-state index in [1.807, 2.05) is 23.1 Å². The number of fused-ring (bicyclic) bond motifs is 1. The first kappa shape index (κ1) is 22.2. The average molecular weight is 435 g/mol. The highest BCUT2D eigenvalue weighted by molar-refractivity contribution is 5.97. The van der Waals surface area contributed by atoms with E-state index in [0.717, 1.165) is 36.0 Å². The van der Waals surface area contributed by atoms with Crippen molar-refractivity contribution in [2.24, 2.45) is 11.7 Å². The van der Waals surface area contributed by atoms with Gasteiger partial charge in [0.05, 0.1) is 6.04 Å². The summed E-state index contributed by atoms with van der Waals surface area (Å²) in [4.78, 5) is 38.8. The summed E-state index contributed by atoms with van der Waals surface area (Å²) in [5.41, 5.74) is 9.81. The number of hydrogen-bond donors (Lipinski definition) is 2. The maximum Gasteiger partial charge on any atom is 0.239 e. The normalized spacial score (nSPS) is 17.3. The van der Waals surface area contributed by atoms with E-state index >= 15 is 0 Å². The Morgan fingerprint density at radius 3 is 2.44 bits per heavy atom. The first-order valence-corrected chi connectivity index (χ1v) is 11.4. The molecule has 0 radical (unpaired) electrons. The summed E-state index contributed by atoms with van der Waals surface area (Å²) in [6, 6.07) is 11.8. The highest BCUT2D eigenvalue weighted by Crippen LogP contribution is 2.25. The number of aromatic hydroxyl groups is 1. The van der Waals surface area contributed by atoms with Crippen LogP contribution < -0.4 is 5.73 Å². The van der Waals surface area contributed by atoms with Crippen LogP contribution in [0.25, 0.3) is 0 Å². The van der Waals surface area contributed by atoms with Crippen LogP contribution in [-0.2, 0) is 28.9 Å². The van der Waals surface area contributed by atoms with Crippen LogP contribution >= 0.6 is 0 Å². The summed E-state index contributed by atoms with van der Waals surface area (Å²) in [6.07, 6.45) is 4.44. The quantitative estimate of drug-likeness (QED) is 0.653. The maximum atomic E-state index is 12.7. The van der Waals surface area contributed by atoms with Gasteiger partial charge in [-0.1, -0.05) is 24.3 Å². The summed E-state index contributed by atoms with van der Waals surface area (Å²) < 4.78 is 0. The van der Waals surface area contributed by atoms with Crippen molar-refractivity contribution in [2.45, 2.75) is 51.0 Å². The molecule has 1 amide bonds. The fourth-order valence-corrected chi connectivity index (χ4v) is 4.75. The zero-order valence-electron chi connectivity index (χ0n) is 18.3. The van der Waals surface area contributed by atoms with Crippen LogP contribution in [0.3, 0.4) is 0 Å². The summed E-state index contributed by atoms with van der Waals surface area (Å²) in [5, 5.41) is 9.38. The zero-order valence-corrected chi connectivity index (χ0v) is 18.3. The van der Waals surface area contributed by atoms with Gasteiger partial charge in [-0.25, -0.2) is 0 Å². The SMILES string of the molecule is N[C@@H](Cc1ccc(O)cc1)C(=O)N1CCC(CCC(=O)c2ccc3c(c2)CC(=O)C3)CC1. The summed E-state index contributed by atoms with van der Waals surface area (Å²) in [5.74, 6) is 0.920. The van der Waals surface area contributed by atoms with E-state index in [4.69, 9.17) is 5.73 Å². The van der Waals surface area contributed by atoms with Crippen LogP contribution in [0.4, 0.5) is 0 Å². The van der Waals surface area contributed by atoms with E-state index in [9.17, 15) is 19.5 Å². The number of carbonyl (C=O) groups is 3. The van der Waals surface area contributed by atoms with Gasteiger partial charge in [0.25, 0.3) is 0 Å². The van der Waals surface area contributed by atoms with Crippen LogP contribution in [-0.4, -0.2) is 46.6 Å². The molecule has 0 spiro atoms. The van der Waals surface area contributed by atoms with Crippen LogP contribution in [0.1, 0.15) is 52.7 Å². The Bertz CT molecular complexity index is 1010. The lowest BCUT2D eigenvalue weighted by Gasteiger charge is -2.33. The predicted molar refractivity (Wildman–Crippen MR) is 122 cm³/mol. The average Bonchev–Trinajstić information content (AvgIpc) is 3.18. The summed E-state index contributed by atoms with van der Waals surface area (Å²) >= 11 is 0. The Kier molecular flexibility index (Phi) is 6.70. The van der Waals surface area contributed by atoms with E-state index < -0.39 is 6.04 Å². The van der Waals surface area contributed by atoms with Crippen LogP contribution in [0.5, 0.6) is 5.75 Å². The van der Waals surface area contributed by atoms with Gasteiger partial charge < -0.3 is 15.7 Å². The van der Waals surface area contributed by atoms with Crippen LogP contribution in [0.15, 0.2) is 42.5 Å². The Balaban J connectivity index is 1.22. The molecular weight excluding hydrogens is 404 g/mol. The first-order chi connectivity index (χ1) is 15.4. The number of rotatable bonds is 7. The number of piperidine rings is 1. The number of likely N-dealkylation sites (tertiary alicyclic amines) is 1. The highest BCUT2D eigenvalue weighted by Gasteiger charge is 2.27.